The SMILES string of the molecule is CCc1noc(CN(C)C(=O)NCCOc2ccc3c(c2)CCC3)n1. The van der Waals surface area contributed by atoms with Crippen LogP contribution in [0, 0.1) is 0 Å². The number of carbonyl (C=O) groups is 1. The van der Waals surface area contributed by atoms with Crippen LogP contribution >= 0.6 is 0 Å². The van der Waals surface area contributed by atoms with Crippen molar-refractivity contribution in [3.05, 3.63) is 41.0 Å². The number of carbonyl (C=O) groups excluding carboxylic acids is 1. The van der Waals surface area contributed by atoms with E-state index in [-0.39, 0.29) is 12.6 Å². The number of benzene rings is 1. The summed E-state index contributed by atoms with van der Waals surface area (Å²) in [6, 6.07) is 6.04. The molecule has 2 aromatic rings. The molecule has 7 heteroatoms. The summed E-state index contributed by atoms with van der Waals surface area (Å²) in [6.45, 7) is 3.10. The molecular formula is C18H24N4O3. The first-order chi connectivity index (χ1) is 12.2. The van der Waals surface area contributed by atoms with Crippen molar-refractivity contribution in [3.63, 3.8) is 0 Å². The van der Waals surface area contributed by atoms with E-state index in [1.165, 1.54) is 22.4 Å². The highest BCUT2D eigenvalue weighted by Gasteiger charge is 2.13. The molecular weight excluding hydrogens is 320 g/mol. The van der Waals surface area contributed by atoms with Crippen molar-refractivity contribution in [1.29, 1.82) is 0 Å². The maximum atomic E-state index is 12.1. The van der Waals surface area contributed by atoms with Gasteiger partial charge in [0.15, 0.2) is 5.82 Å². The summed E-state index contributed by atoms with van der Waals surface area (Å²) in [7, 11) is 1.69. The van der Waals surface area contributed by atoms with Crippen molar-refractivity contribution in [2.45, 2.75) is 39.2 Å². The maximum Gasteiger partial charge on any atom is 0.317 e. The largest absolute Gasteiger partial charge is 0.492 e. The van der Waals surface area contributed by atoms with Gasteiger partial charge in [0.1, 0.15) is 18.9 Å². The Morgan fingerprint density at radius 3 is 3.00 bits per heavy atom. The van der Waals surface area contributed by atoms with E-state index in [1.807, 2.05) is 13.0 Å². The molecule has 0 atom stereocenters. The second-order valence-corrected chi connectivity index (χ2v) is 6.18. The molecule has 7 nitrogen and oxygen atoms in total. The summed E-state index contributed by atoms with van der Waals surface area (Å²) in [4.78, 5) is 17.8. The van der Waals surface area contributed by atoms with E-state index >= 15 is 0 Å². The Labute approximate surface area is 147 Å². The number of amides is 2. The second-order valence-electron chi connectivity index (χ2n) is 6.18. The molecule has 3 rings (SSSR count). The van der Waals surface area contributed by atoms with Gasteiger partial charge in [0.2, 0.25) is 5.89 Å². The molecule has 1 heterocycles. The number of aryl methyl sites for hydroxylation is 3. The zero-order chi connectivity index (χ0) is 17.6. The molecule has 0 aliphatic heterocycles. The highest BCUT2D eigenvalue weighted by molar-refractivity contribution is 5.73. The molecule has 134 valence electrons. The number of ether oxygens (including phenoxy) is 1. The van der Waals surface area contributed by atoms with E-state index in [0.717, 1.165) is 18.6 Å². The number of nitrogens with zero attached hydrogens (tertiary/aromatic N) is 3. The standard InChI is InChI=1S/C18H24N4O3/c1-3-16-20-17(25-21-16)12-22(2)18(23)19-9-10-24-15-8-7-13-5-4-6-14(13)11-15/h7-8,11H,3-6,9-10,12H2,1-2H3,(H,19,23). The molecule has 0 spiro atoms. The molecule has 0 fully saturated rings. The number of nitrogens with one attached hydrogen (secondary N) is 1. The van der Waals surface area contributed by atoms with Gasteiger partial charge in [-0.15, -0.1) is 0 Å². The molecule has 1 aliphatic carbocycles. The van der Waals surface area contributed by atoms with Gasteiger partial charge < -0.3 is 19.5 Å². The van der Waals surface area contributed by atoms with Gasteiger partial charge in [-0.2, -0.15) is 4.98 Å². The van der Waals surface area contributed by atoms with Gasteiger partial charge in [-0.25, -0.2) is 4.79 Å². The van der Waals surface area contributed by atoms with Crippen molar-refractivity contribution in [3.8, 4) is 5.75 Å². The quantitative estimate of drug-likeness (QED) is 0.780. The fourth-order valence-electron chi connectivity index (χ4n) is 2.87. The van der Waals surface area contributed by atoms with Crippen LogP contribution in [0.4, 0.5) is 4.79 Å². The number of hydrogen-bond acceptors (Lipinski definition) is 5. The minimum atomic E-state index is -0.200. The monoisotopic (exact) mass is 344 g/mol. The van der Waals surface area contributed by atoms with Gasteiger partial charge in [0.05, 0.1) is 6.54 Å². The third-order valence-corrected chi connectivity index (χ3v) is 4.26. The molecule has 0 unspecified atom stereocenters. The van der Waals surface area contributed by atoms with Crippen LogP contribution in [0.1, 0.15) is 36.2 Å². The Morgan fingerprint density at radius 2 is 2.20 bits per heavy atom. The van der Waals surface area contributed by atoms with Gasteiger partial charge in [-0.05, 0) is 42.5 Å². The maximum absolute atomic E-state index is 12.1. The van der Waals surface area contributed by atoms with Crippen molar-refractivity contribution >= 4 is 6.03 Å². The van der Waals surface area contributed by atoms with Gasteiger partial charge >= 0.3 is 6.03 Å². The summed E-state index contributed by atoms with van der Waals surface area (Å²) in [5, 5.41) is 6.63. The molecule has 0 saturated carbocycles. The molecule has 1 aromatic carbocycles. The summed E-state index contributed by atoms with van der Waals surface area (Å²) in [5.74, 6) is 1.94. The van der Waals surface area contributed by atoms with Gasteiger partial charge in [0.25, 0.3) is 0 Å². The molecule has 0 bridgehead atoms. The number of urea groups is 1. The van der Waals surface area contributed by atoms with Crippen LogP contribution in [0.25, 0.3) is 0 Å². The van der Waals surface area contributed by atoms with Crippen molar-refractivity contribution in [1.82, 2.24) is 20.4 Å². The van der Waals surface area contributed by atoms with Crippen LogP contribution < -0.4 is 10.1 Å². The highest BCUT2D eigenvalue weighted by atomic mass is 16.5. The lowest BCUT2D eigenvalue weighted by Gasteiger charge is -2.16. The fourth-order valence-corrected chi connectivity index (χ4v) is 2.87. The molecule has 1 N–H and O–H groups in total. The first kappa shape index (κ1) is 17.3. The van der Waals surface area contributed by atoms with Crippen molar-refractivity contribution in [2.24, 2.45) is 0 Å². The third-order valence-electron chi connectivity index (χ3n) is 4.26. The van der Waals surface area contributed by atoms with E-state index < -0.39 is 0 Å². The van der Waals surface area contributed by atoms with Crippen LogP contribution in [0.5, 0.6) is 5.75 Å². The smallest absolute Gasteiger partial charge is 0.317 e. The van der Waals surface area contributed by atoms with E-state index in [2.05, 4.69) is 27.6 Å². The molecule has 0 saturated heterocycles. The predicted octanol–water partition coefficient (Wildman–Crippen LogP) is 2.34. The van der Waals surface area contributed by atoms with Crippen LogP contribution in [0.2, 0.25) is 0 Å². The molecule has 1 aromatic heterocycles. The Morgan fingerprint density at radius 1 is 1.36 bits per heavy atom. The summed E-state index contributed by atoms with van der Waals surface area (Å²) < 4.78 is 10.8. The normalized spacial score (nSPS) is 12.7. The van der Waals surface area contributed by atoms with Crippen molar-refractivity contribution in [2.75, 3.05) is 20.2 Å². The summed E-state index contributed by atoms with van der Waals surface area (Å²) >= 11 is 0. The molecule has 0 radical (unpaired) electrons. The highest BCUT2D eigenvalue weighted by Crippen LogP contribution is 2.25. The number of aromatic nitrogens is 2. The summed E-state index contributed by atoms with van der Waals surface area (Å²) in [5.41, 5.74) is 2.81. The molecule has 1 aliphatic rings. The van der Waals surface area contributed by atoms with E-state index in [9.17, 15) is 4.79 Å². The van der Waals surface area contributed by atoms with Gasteiger partial charge in [-0.3, -0.25) is 0 Å². The van der Waals surface area contributed by atoms with Gasteiger partial charge in [0, 0.05) is 13.5 Å². The zero-order valence-corrected chi connectivity index (χ0v) is 14.7. The minimum Gasteiger partial charge on any atom is -0.492 e. The Hall–Kier alpha value is -2.57. The fraction of sp³-hybridized carbons (Fsp3) is 0.500. The Balaban J connectivity index is 1.38. The van der Waals surface area contributed by atoms with Crippen molar-refractivity contribution < 1.29 is 14.1 Å². The lowest BCUT2D eigenvalue weighted by molar-refractivity contribution is 0.196. The number of rotatable bonds is 7. The van der Waals surface area contributed by atoms with Crippen LogP contribution in [-0.2, 0) is 25.8 Å². The Kier molecular flexibility index (Phi) is 5.53. The van der Waals surface area contributed by atoms with Crippen LogP contribution in [0.3, 0.4) is 0 Å². The minimum absolute atomic E-state index is 0.200. The number of hydrogen-bond donors (Lipinski definition) is 1. The zero-order valence-electron chi connectivity index (χ0n) is 14.7. The first-order valence-electron chi connectivity index (χ1n) is 8.70. The van der Waals surface area contributed by atoms with Gasteiger partial charge in [-0.1, -0.05) is 18.1 Å². The topological polar surface area (TPSA) is 80.5 Å². The van der Waals surface area contributed by atoms with E-state index in [4.69, 9.17) is 9.26 Å². The Bertz CT molecular complexity index is 729. The predicted molar refractivity (Wildman–Crippen MR) is 92.5 cm³/mol. The summed E-state index contributed by atoms with van der Waals surface area (Å²) in [6.07, 6.45) is 4.22. The second kappa shape index (κ2) is 8.00. The lowest BCUT2D eigenvalue weighted by Crippen LogP contribution is -2.38. The molecule has 25 heavy (non-hydrogen) atoms. The average molecular weight is 344 g/mol. The average Bonchev–Trinajstić information content (AvgIpc) is 3.26. The lowest BCUT2D eigenvalue weighted by atomic mass is 10.1. The molecule has 2 amide bonds. The number of fused-ring (bicyclic) bond motifs is 1. The third kappa shape index (κ3) is 4.49. The van der Waals surface area contributed by atoms with E-state index in [0.29, 0.717) is 31.3 Å². The first-order valence-corrected chi connectivity index (χ1v) is 8.70. The van der Waals surface area contributed by atoms with E-state index in [1.54, 1.807) is 7.05 Å². The van der Waals surface area contributed by atoms with Crippen LogP contribution in [0.15, 0.2) is 22.7 Å². The van der Waals surface area contributed by atoms with Crippen LogP contribution in [-0.4, -0.2) is 41.3 Å².